The van der Waals surface area contributed by atoms with E-state index in [0.29, 0.717) is 10.7 Å². The summed E-state index contributed by atoms with van der Waals surface area (Å²) in [5.74, 6) is -0.391. The van der Waals surface area contributed by atoms with Crippen molar-refractivity contribution in [3.05, 3.63) is 75.8 Å². The number of amides is 1. The number of nitro groups is 1. The van der Waals surface area contributed by atoms with Crippen molar-refractivity contribution in [2.45, 2.75) is 4.90 Å². The molecule has 1 amide bonds. The number of sulfonamides is 1. The molecular weight excluding hydrogens is 392 g/mol. The fraction of sp³-hybridized carbons (Fsp3) is 0. The Morgan fingerprint density at radius 3 is 2.44 bits per heavy atom. The first-order valence-corrected chi connectivity index (χ1v) is 9.80. The molecule has 0 radical (unpaired) electrons. The molecule has 2 aromatic carbocycles. The summed E-state index contributed by atoms with van der Waals surface area (Å²) in [6, 6.07) is 10.7. The summed E-state index contributed by atoms with van der Waals surface area (Å²) < 4.78 is 27.2. The molecular formula is C16H12N4O5S2. The molecule has 2 N–H and O–H groups in total. The van der Waals surface area contributed by atoms with Gasteiger partial charge in [0.15, 0.2) is 10.0 Å². The van der Waals surface area contributed by atoms with Gasteiger partial charge in [0.05, 0.1) is 4.92 Å². The van der Waals surface area contributed by atoms with Gasteiger partial charge in [0.2, 0.25) is 0 Å². The van der Waals surface area contributed by atoms with Crippen LogP contribution < -0.4 is 10.0 Å². The van der Waals surface area contributed by atoms with Crippen LogP contribution in [0.15, 0.2) is 65.0 Å². The molecule has 3 aromatic rings. The minimum Gasteiger partial charge on any atom is -0.298 e. The quantitative estimate of drug-likeness (QED) is 0.479. The number of nitrogens with zero attached hydrogens (tertiary/aromatic N) is 2. The SMILES string of the molecule is O=C(Nc1nccs1)c1ccc(NS(=O)(=O)c2ccccc2[N+](=O)[O-])cc1. The summed E-state index contributed by atoms with van der Waals surface area (Å²) in [5, 5.41) is 15.8. The van der Waals surface area contributed by atoms with Crippen molar-refractivity contribution < 1.29 is 18.1 Å². The number of anilines is 2. The van der Waals surface area contributed by atoms with Crippen LogP contribution in [-0.4, -0.2) is 24.2 Å². The Kier molecular flexibility index (Phi) is 5.14. The van der Waals surface area contributed by atoms with Gasteiger partial charge in [-0.3, -0.25) is 24.9 Å². The lowest BCUT2D eigenvalue weighted by Gasteiger charge is -2.09. The minimum atomic E-state index is -4.16. The van der Waals surface area contributed by atoms with Crippen LogP contribution >= 0.6 is 11.3 Å². The molecule has 0 saturated carbocycles. The van der Waals surface area contributed by atoms with Gasteiger partial charge in [-0.15, -0.1) is 11.3 Å². The first kappa shape index (κ1) is 18.5. The van der Waals surface area contributed by atoms with Crippen molar-refractivity contribution in [1.82, 2.24) is 4.98 Å². The van der Waals surface area contributed by atoms with Gasteiger partial charge in [-0.25, -0.2) is 13.4 Å². The second-order valence-electron chi connectivity index (χ2n) is 5.20. The highest BCUT2D eigenvalue weighted by molar-refractivity contribution is 7.92. The molecule has 1 heterocycles. The van der Waals surface area contributed by atoms with Crippen molar-refractivity contribution in [2.24, 2.45) is 0 Å². The zero-order valence-electron chi connectivity index (χ0n) is 13.5. The maximum atomic E-state index is 12.5. The number of hydrogen-bond donors (Lipinski definition) is 2. The van der Waals surface area contributed by atoms with Gasteiger partial charge in [-0.1, -0.05) is 12.1 Å². The standard InChI is InChI=1S/C16H12N4O5S2/c21-15(18-16-17-9-10-26-16)11-5-7-12(8-6-11)19-27(24,25)14-4-2-1-3-13(14)20(22)23/h1-10,19H,(H,17,18,21). The number of carbonyl (C=O) groups excluding carboxylic acids is 1. The monoisotopic (exact) mass is 404 g/mol. The van der Waals surface area contributed by atoms with Gasteiger partial charge in [-0.05, 0) is 30.3 Å². The van der Waals surface area contributed by atoms with Crippen LogP contribution in [0.2, 0.25) is 0 Å². The lowest BCUT2D eigenvalue weighted by Crippen LogP contribution is -2.15. The van der Waals surface area contributed by atoms with E-state index in [1.165, 1.54) is 47.7 Å². The number of nitro benzene ring substituents is 1. The Balaban J connectivity index is 1.78. The fourth-order valence-electron chi connectivity index (χ4n) is 2.19. The van der Waals surface area contributed by atoms with Gasteiger partial charge in [0, 0.05) is 28.9 Å². The molecule has 0 aliphatic rings. The molecule has 11 heteroatoms. The van der Waals surface area contributed by atoms with Gasteiger partial charge >= 0.3 is 0 Å². The fourth-order valence-corrected chi connectivity index (χ4v) is 3.95. The highest BCUT2D eigenvalue weighted by Crippen LogP contribution is 2.25. The maximum absolute atomic E-state index is 12.5. The van der Waals surface area contributed by atoms with Crippen LogP contribution in [0, 0.1) is 10.1 Å². The number of para-hydroxylation sites is 1. The van der Waals surface area contributed by atoms with Crippen molar-refractivity contribution >= 4 is 43.8 Å². The van der Waals surface area contributed by atoms with Crippen LogP contribution in [0.1, 0.15) is 10.4 Å². The molecule has 0 unspecified atom stereocenters. The first-order valence-electron chi connectivity index (χ1n) is 7.44. The van der Waals surface area contributed by atoms with E-state index in [0.717, 1.165) is 12.1 Å². The average Bonchev–Trinajstić information content (AvgIpc) is 3.15. The van der Waals surface area contributed by atoms with Crippen LogP contribution in [0.4, 0.5) is 16.5 Å². The topological polar surface area (TPSA) is 131 Å². The normalized spacial score (nSPS) is 11.0. The molecule has 9 nitrogen and oxygen atoms in total. The maximum Gasteiger partial charge on any atom is 0.289 e. The second-order valence-corrected chi connectivity index (χ2v) is 7.74. The van der Waals surface area contributed by atoms with E-state index in [1.54, 1.807) is 11.6 Å². The van der Waals surface area contributed by atoms with Gasteiger partial charge in [0.25, 0.3) is 21.6 Å². The van der Waals surface area contributed by atoms with Crippen molar-refractivity contribution in [3.8, 4) is 0 Å². The lowest BCUT2D eigenvalue weighted by molar-refractivity contribution is -0.387. The van der Waals surface area contributed by atoms with Crippen LogP contribution in [0.25, 0.3) is 0 Å². The van der Waals surface area contributed by atoms with E-state index in [9.17, 15) is 23.3 Å². The van der Waals surface area contributed by atoms with Gasteiger partial charge in [0.1, 0.15) is 0 Å². The van der Waals surface area contributed by atoms with Crippen LogP contribution in [-0.2, 0) is 10.0 Å². The molecule has 0 saturated heterocycles. The highest BCUT2D eigenvalue weighted by atomic mass is 32.2. The average molecular weight is 404 g/mol. The molecule has 0 aliphatic heterocycles. The van der Waals surface area contributed by atoms with E-state index < -0.39 is 31.4 Å². The smallest absolute Gasteiger partial charge is 0.289 e. The molecule has 0 fully saturated rings. The molecule has 0 atom stereocenters. The number of nitrogens with one attached hydrogen (secondary N) is 2. The largest absolute Gasteiger partial charge is 0.298 e. The molecule has 1 aromatic heterocycles. The van der Waals surface area contributed by atoms with Crippen molar-refractivity contribution in [1.29, 1.82) is 0 Å². The summed E-state index contributed by atoms with van der Waals surface area (Å²) in [5.41, 5.74) is -0.0535. The van der Waals surface area contributed by atoms with E-state index in [2.05, 4.69) is 15.0 Å². The van der Waals surface area contributed by atoms with E-state index >= 15 is 0 Å². The van der Waals surface area contributed by atoms with Crippen molar-refractivity contribution in [3.63, 3.8) is 0 Å². The molecule has 0 bridgehead atoms. The predicted octanol–water partition coefficient (Wildman–Crippen LogP) is 3.10. The second kappa shape index (κ2) is 7.51. The summed E-state index contributed by atoms with van der Waals surface area (Å²) in [4.78, 5) is 25.9. The predicted molar refractivity (Wildman–Crippen MR) is 100 cm³/mol. The zero-order valence-corrected chi connectivity index (χ0v) is 15.2. The number of thiazole rings is 1. The Morgan fingerprint density at radius 2 is 1.81 bits per heavy atom. The number of aromatic nitrogens is 1. The molecule has 0 spiro atoms. The molecule has 27 heavy (non-hydrogen) atoms. The summed E-state index contributed by atoms with van der Waals surface area (Å²) in [6.45, 7) is 0. The third-order valence-electron chi connectivity index (χ3n) is 3.40. The van der Waals surface area contributed by atoms with Crippen LogP contribution in [0.3, 0.4) is 0 Å². The third-order valence-corrected chi connectivity index (χ3v) is 5.52. The minimum absolute atomic E-state index is 0.166. The first-order chi connectivity index (χ1) is 12.9. The molecule has 3 rings (SSSR count). The lowest BCUT2D eigenvalue weighted by atomic mass is 10.2. The Labute approximate surface area is 157 Å². The summed E-state index contributed by atoms with van der Waals surface area (Å²) in [7, 11) is -4.16. The summed E-state index contributed by atoms with van der Waals surface area (Å²) >= 11 is 1.27. The Morgan fingerprint density at radius 1 is 1.11 bits per heavy atom. The number of hydrogen-bond acceptors (Lipinski definition) is 7. The van der Waals surface area contributed by atoms with E-state index in [1.807, 2.05) is 0 Å². The Hall–Kier alpha value is -3.31. The molecule has 138 valence electrons. The summed E-state index contributed by atoms with van der Waals surface area (Å²) in [6.07, 6.45) is 1.56. The number of carbonyl (C=O) groups is 1. The van der Waals surface area contributed by atoms with Crippen molar-refractivity contribution in [2.75, 3.05) is 10.0 Å². The van der Waals surface area contributed by atoms with Gasteiger partial charge < -0.3 is 0 Å². The zero-order chi connectivity index (χ0) is 19.4. The van der Waals surface area contributed by atoms with E-state index in [-0.39, 0.29) is 5.69 Å². The highest BCUT2D eigenvalue weighted by Gasteiger charge is 2.25. The van der Waals surface area contributed by atoms with Crippen LogP contribution in [0.5, 0.6) is 0 Å². The Bertz CT molecular complexity index is 1080. The van der Waals surface area contributed by atoms with Gasteiger partial charge in [-0.2, -0.15) is 0 Å². The number of rotatable bonds is 6. The molecule has 0 aliphatic carbocycles. The number of benzene rings is 2. The van der Waals surface area contributed by atoms with E-state index in [4.69, 9.17) is 0 Å². The third kappa shape index (κ3) is 4.27.